The van der Waals surface area contributed by atoms with Crippen molar-refractivity contribution in [2.75, 3.05) is 25.1 Å². The van der Waals surface area contributed by atoms with E-state index < -0.39 is 15.7 Å². The Morgan fingerprint density at radius 3 is 2.62 bits per heavy atom. The van der Waals surface area contributed by atoms with Crippen molar-refractivity contribution in [3.8, 4) is 11.5 Å². The number of nitrogens with zero attached hydrogens (tertiary/aromatic N) is 1. The molecule has 0 aliphatic carbocycles. The molecule has 0 fully saturated rings. The number of ether oxygens (including phenoxy) is 2. The molecule has 8 nitrogen and oxygen atoms in total. The summed E-state index contributed by atoms with van der Waals surface area (Å²) in [6.45, 7) is 0.700. The Kier molecular flexibility index (Phi) is 6.22. The summed E-state index contributed by atoms with van der Waals surface area (Å²) in [5, 5.41) is 5.47. The lowest BCUT2D eigenvalue weighted by Gasteiger charge is -2.19. The Balaban J connectivity index is 1.52. The molecule has 0 unspecified atom stereocenters. The average molecular weight is 457 g/mol. The van der Waals surface area contributed by atoms with Crippen molar-refractivity contribution < 1.29 is 27.1 Å². The number of fused-ring (bicyclic) bond motifs is 1. The SMILES string of the molecule is O=C(CNc1ccc(F)cc1S(=O)(=O)c1ccc2c(c1)OCCO2)NCc1ccccn1. The molecule has 10 heteroatoms. The van der Waals surface area contributed by atoms with Crippen LogP contribution in [-0.4, -0.2) is 39.1 Å². The Bertz CT molecular complexity index is 1240. The second-order valence-electron chi connectivity index (χ2n) is 6.90. The first-order chi connectivity index (χ1) is 15.4. The molecule has 0 atom stereocenters. The largest absolute Gasteiger partial charge is 0.486 e. The third-order valence-corrected chi connectivity index (χ3v) is 6.48. The van der Waals surface area contributed by atoms with Gasteiger partial charge in [-0.1, -0.05) is 6.07 Å². The fourth-order valence-corrected chi connectivity index (χ4v) is 4.57. The van der Waals surface area contributed by atoms with Crippen LogP contribution in [0.15, 0.2) is 70.6 Å². The maximum absolute atomic E-state index is 14.0. The van der Waals surface area contributed by atoms with Gasteiger partial charge in [0.2, 0.25) is 15.7 Å². The van der Waals surface area contributed by atoms with Gasteiger partial charge in [-0.25, -0.2) is 12.8 Å². The average Bonchev–Trinajstić information content (AvgIpc) is 2.82. The predicted octanol–water partition coefficient (Wildman–Crippen LogP) is 2.55. The van der Waals surface area contributed by atoms with Crippen molar-refractivity contribution in [2.45, 2.75) is 16.3 Å². The van der Waals surface area contributed by atoms with Crippen molar-refractivity contribution in [1.29, 1.82) is 0 Å². The van der Waals surface area contributed by atoms with E-state index in [2.05, 4.69) is 15.6 Å². The Morgan fingerprint density at radius 1 is 1.03 bits per heavy atom. The van der Waals surface area contributed by atoms with Gasteiger partial charge >= 0.3 is 0 Å². The zero-order valence-electron chi connectivity index (χ0n) is 16.9. The normalized spacial score (nSPS) is 12.8. The molecule has 1 aliphatic rings. The van der Waals surface area contributed by atoms with E-state index in [9.17, 15) is 17.6 Å². The van der Waals surface area contributed by atoms with Crippen LogP contribution in [0.2, 0.25) is 0 Å². The molecular formula is C22H20FN3O5S. The molecule has 0 radical (unpaired) electrons. The van der Waals surface area contributed by atoms with Crippen LogP contribution in [0.5, 0.6) is 11.5 Å². The number of anilines is 1. The number of benzene rings is 2. The highest BCUT2D eigenvalue weighted by Gasteiger charge is 2.25. The van der Waals surface area contributed by atoms with E-state index in [-0.39, 0.29) is 34.5 Å². The number of hydrogen-bond acceptors (Lipinski definition) is 7. The summed E-state index contributed by atoms with van der Waals surface area (Å²) in [6.07, 6.45) is 1.62. The van der Waals surface area contributed by atoms with Gasteiger partial charge in [0.25, 0.3) is 0 Å². The van der Waals surface area contributed by atoms with Crippen molar-refractivity contribution in [2.24, 2.45) is 0 Å². The summed E-state index contributed by atoms with van der Waals surface area (Å²) < 4.78 is 51.3. The molecule has 1 aromatic heterocycles. The minimum absolute atomic E-state index is 0.0741. The molecular weight excluding hydrogens is 437 g/mol. The molecule has 2 N–H and O–H groups in total. The molecule has 2 aromatic carbocycles. The minimum Gasteiger partial charge on any atom is -0.486 e. The molecule has 0 saturated heterocycles. The Morgan fingerprint density at radius 2 is 1.84 bits per heavy atom. The molecule has 0 bridgehead atoms. The van der Waals surface area contributed by atoms with Crippen LogP contribution in [0.3, 0.4) is 0 Å². The molecule has 3 aromatic rings. The molecule has 2 heterocycles. The first-order valence-electron chi connectivity index (χ1n) is 9.78. The van der Waals surface area contributed by atoms with E-state index in [1.807, 2.05) is 0 Å². The predicted molar refractivity (Wildman–Crippen MR) is 114 cm³/mol. The third kappa shape index (κ3) is 4.80. The highest BCUT2D eigenvalue weighted by Crippen LogP contribution is 2.35. The van der Waals surface area contributed by atoms with Crippen molar-refractivity contribution in [1.82, 2.24) is 10.3 Å². The molecule has 0 spiro atoms. The number of halogens is 1. The van der Waals surface area contributed by atoms with Gasteiger partial charge in [-0.15, -0.1) is 0 Å². The first-order valence-corrected chi connectivity index (χ1v) is 11.3. The summed E-state index contributed by atoms with van der Waals surface area (Å²) in [5.74, 6) is -0.344. The van der Waals surface area contributed by atoms with Crippen molar-refractivity contribution in [3.05, 3.63) is 72.3 Å². The molecule has 1 amide bonds. The van der Waals surface area contributed by atoms with Gasteiger partial charge in [0.15, 0.2) is 11.5 Å². The summed E-state index contributed by atoms with van der Waals surface area (Å²) in [4.78, 5) is 15.9. The number of sulfone groups is 1. The van der Waals surface area contributed by atoms with E-state index in [1.165, 1.54) is 24.3 Å². The Labute approximate surface area is 184 Å². The van der Waals surface area contributed by atoms with Gasteiger partial charge in [-0.3, -0.25) is 9.78 Å². The quantitative estimate of drug-likeness (QED) is 0.562. The maximum Gasteiger partial charge on any atom is 0.239 e. The van der Waals surface area contributed by atoms with E-state index in [0.29, 0.717) is 30.4 Å². The lowest BCUT2D eigenvalue weighted by Crippen LogP contribution is -2.30. The van der Waals surface area contributed by atoms with Crippen LogP contribution in [0.4, 0.5) is 10.1 Å². The third-order valence-electron chi connectivity index (χ3n) is 4.69. The molecule has 0 saturated carbocycles. The molecule has 32 heavy (non-hydrogen) atoms. The molecule has 166 valence electrons. The van der Waals surface area contributed by atoms with Gasteiger partial charge in [-0.2, -0.15) is 0 Å². The number of amides is 1. The van der Waals surface area contributed by atoms with E-state index >= 15 is 0 Å². The van der Waals surface area contributed by atoms with Crippen LogP contribution in [-0.2, 0) is 21.2 Å². The maximum atomic E-state index is 14.0. The van der Waals surface area contributed by atoms with Gasteiger partial charge in [-0.05, 0) is 42.5 Å². The lowest BCUT2D eigenvalue weighted by molar-refractivity contribution is -0.119. The fourth-order valence-electron chi connectivity index (χ4n) is 3.11. The van der Waals surface area contributed by atoms with E-state index in [1.54, 1.807) is 24.4 Å². The molecule has 4 rings (SSSR count). The summed E-state index contributed by atoms with van der Waals surface area (Å²) in [7, 11) is -4.11. The minimum atomic E-state index is -4.11. The molecule has 1 aliphatic heterocycles. The van der Waals surface area contributed by atoms with E-state index in [4.69, 9.17) is 9.47 Å². The van der Waals surface area contributed by atoms with Crippen molar-refractivity contribution >= 4 is 21.4 Å². The number of aromatic nitrogens is 1. The number of carbonyl (C=O) groups is 1. The van der Waals surface area contributed by atoms with Gasteiger partial charge in [0.05, 0.1) is 34.3 Å². The number of hydrogen-bond donors (Lipinski definition) is 2. The number of nitrogens with one attached hydrogen (secondary N) is 2. The summed E-state index contributed by atoms with van der Waals surface area (Å²) in [5.41, 5.74) is 0.791. The van der Waals surface area contributed by atoms with Crippen LogP contribution < -0.4 is 20.1 Å². The lowest BCUT2D eigenvalue weighted by atomic mass is 10.3. The van der Waals surface area contributed by atoms with Crippen molar-refractivity contribution in [3.63, 3.8) is 0 Å². The number of rotatable bonds is 7. The van der Waals surface area contributed by atoms with Crippen LogP contribution >= 0.6 is 0 Å². The monoisotopic (exact) mass is 457 g/mol. The summed E-state index contributed by atoms with van der Waals surface area (Å²) >= 11 is 0. The van der Waals surface area contributed by atoms with Crippen LogP contribution in [0, 0.1) is 5.82 Å². The van der Waals surface area contributed by atoms with E-state index in [0.717, 1.165) is 12.1 Å². The Hall–Kier alpha value is -3.66. The van der Waals surface area contributed by atoms with Gasteiger partial charge in [0.1, 0.15) is 19.0 Å². The highest BCUT2D eigenvalue weighted by atomic mass is 32.2. The number of pyridine rings is 1. The first kappa shape index (κ1) is 21.6. The second-order valence-corrected chi connectivity index (χ2v) is 8.82. The van der Waals surface area contributed by atoms with Gasteiger partial charge in [0, 0.05) is 12.3 Å². The standard InChI is InChI=1S/C22H20FN3O5S/c23-15-4-6-18(25-14-22(27)26-13-16-3-1-2-8-24-16)21(11-15)32(28,29)17-5-7-19-20(12-17)31-10-9-30-19/h1-8,11-12,25H,9-10,13-14H2,(H,26,27). The fraction of sp³-hybridized carbons (Fsp3) is 0.182. The van der Waals surface area contributed by atoms with Crippen LogP contribution in [0.25, 0.3) is 0 Å². The second kappa shape index (κ2) is 9.23. The smallest absolute Gasteiger partial charge is 0.239 e. The van der Waals surface area contributed by atoms with Gasteiger partial charge < -0.3 is 20.1 Å². The number of carbonyl (C=O) groups excluding carboxylic acids is 1. The summed E-state index contributed by atoms with van der Waals surface area (Å²) in [6, 6.07) is 12.9. The van der Waals surface area contributed by atoms with Crippen LogP contribution in [0.1, 0.15) is 5.69 Å². The topological polar surface area (TPSA) is 107 Å². The zero-order valence-corrected chi connectivity index (χ0v) is 17.7. The highest BCUT2D eigenvalue weighted by molar-refractivity contribution is 7.91. The zero-order chi connectivity index (χ0) is 22.6.